The number of nitrogens with zero attached hydrogens (tertiary/aromatic N) is 3. The van der Waals surface area contributed by atoms with Crippen LogP contribution < -0.4 is 15.5 Å². The van der Waals surface area contributed by atoms with Crippen molar-refractivity contribution >= 4 is 34.7 Å². The van der Waals surface area contributed by atoms with Gasteiger partial charge in [0.1, 0.15) is 18.0 Å². The zero-order valence-corrected chi connectivity index (χ0v) is 16.8. The van der Waals surface area contributed by atoms with Crippen LogP contribution in [0, 0.1) is 0 Å². The van der Waals surface area contributed by atoms with Crippen molar-refractivity contribution in [2.75, 3.05) is 35.7 Å². The van der Waals surface area contributed by atoms with Crippen LogP contribution in [0.15, 0.2) is 60.9 Å². The fourth-order valence-corrected chi connectivity index (χ4v) is 2.94. The second-order valence-electron chi connectivity index (χ2n) is 6.33. The van der Waals surface area contributed by atoms with Crippen molar-refractivity contribution in [3.63, 3.8) is 0 Å². The molecule has 3 rings (SSSR count). The predicted molar refractivity (Wildman–Crippen MR) is 116 cm³/mol. The summed E-state index contributed by atoms with van der Waals surface area (Å²) < 4.78 is 4.71. The van der Waals surface area contributed by atoms with Gasteiger partial charge in [-0.15, -0.1) is 0 Å². The number of aromatic nitrogens is 2. The molecule has 0 radical (unpaired) electrons. The number of nitrogens with one attached hydrogen (secondary N) is 2. The van der Waals surface area contributed by atoms with E-state index < -0.39 is 0 Å². The number of anilines is 5. The fourth-order valence-electron chi connectivity index (χ4n) is 2.94. The van der Waals surface area contributed by atoms with Crippen LogP contribution in [0.2, 0.25) is 0 Å². The summed E-state index contributed by atoms with van der Waals surface area (Å²) in [4.78, 5) is 22.3. The Balaban J connectivity index is 1.67. The van der Waals surface area contributed by atoms with Gasteiger partial charge >= 0.3 is 5.97 Å². The van der Waals surface area contributed by atoms with Gasteiger partial charge in [0, 0.05) is 36.2 Å². The van der Waals surface area contributed by atoms with Gasteiger partial charge in [0.2, 0.25) is 0 Å². The van der Waals surface area contributed by atoms with E-state index in [0.717, 1.165) is 24.5 Å². The van der Waals surface area contributed by atoms with Gasteiger partial charge in [-0.2, -0.15) is 0 Å². The Kier molecular flexibility index (Phi) is 6.63. The number of hydrogen-bond donors (Lipinski definition) is 2. The summed E-state index contributed by atoms with van der Waals surface area (Å²) in [6.45, 7) is 6.25. The van der Waals surface area contributed by atoms with E-state index in [1.165, 1.54) is 19.1 Å². The maximum absolute atomic E-state index is 11.5. The minimum absolute atomic E-state index is 0.364. The molecule has 0 atom stereocenters. The first kappa shape index (κ1) is 20.1. The molecule has 0 aliphatic carbocycles. The van der Waals surface area contributed by atoms with E-state index in [9.17, 15) is 4.79 Å². The lowest BCUT2D eigenvalue weighted by atomic mass is 10.2. The van der Waals surface area contributed by atoms with E-state index in [2.05, 4.69) is 51.5 Å². The van der Waals surface area contributed by atoms with Crippen LogP contribution in [-0.4, -0.2) is 36.1 Å². The highest BCUT2D eigenvalue weighted by Gasteiger charge is 2.06. The Morgan fingerprint density at radius 3 is 1.90 bits per heavy atom. The summed E-state index contributed by atoms with van der Waals surface area (Å²) in [5.41, 5.74) is 3.45. The van der Waals surface area contributed by atoms with Crippen molar-refractivity contribution in [1.82, 2.24) is 9.97 Å². The molecule has 1 aromatic heterocycles. The average molecular weight is 391 g/mol. The first-order chi connectivity index (χ1) is 14.1. The molecule has 7 nitrogen and oxygen atoms in total. The van der Waals surface area contributed by atoms with Gasteiger partial charge in [0.15, 0.2) is 0 Å². The number of esters is 1. The van der Waals surface area contributed by atoms with Crippen molar-refractivity contribution in [2.24, 2.45) is 0 Å². The fraction of sp³-hybridized carbons (Fsp3) is 0.227. The zero-order chi connectivity index (χ0) is 20.6. The van der Waals surface area contributed by atoms with Crippen LogP contribution in [0.1, 0.15) is 24.2 Å². The van der Waals surface area contributed by atoms with Crippen LogP contribution in [-0.2, 0) is 4.74 Å². The smallest absolute Gasteiger partial charge is 0.337 e. The molecule has 0 bridgehead atoms. The van der Waals surface area contributed by atoms with Crippen molar-refractivity contribution in [1.29, 1.82) is 0 Å². The van der Waals surface area contributed by atoms with Crippen molar-refractivity contribution < 1.29 is 9.53 Å². The lowest BCUT2D eigenvalue weighted by molar-refractivity contribution is 0.0601. The largest absolute Gasteiger partial charge is 0.465 e. The Labute approximate surface area is 170 Å². The maximum atomic E-state index is 11.5. The van der Waals surface area contributed by atoms with E-state index in [-0.39, 0.29) is 5.97 Å². The number of rotatable bonds is 8. The molecule has 29 heavy (non-hydrogen) atoms. The molecule has 0 aliphatic heterocycles. The van der Waals surface area contributed by atoms with E-state index in [1.54, 1.807) is 24.3 Å². The van der Waals surface area contributed by atoms with Crippen LogP contribution >= 0.6 is 0 Å². The monoisotopic (exact) mass is 391 g/mol. The molecule has 1 heterocycles. The van der Waals surface area contributed by atoms with E-state index in [1.807, 2.05) is 18.2 Å². The molecule has 2 aromatic carbocycles. The number of methoxy groups -OCH3 is 1. The highest BCUT2D eigenvalue weighted by atomic mass is 16.5. The topological polar surface area (TPSA) is 79.4 Å². The molecular weight excluding hydrogens is 366 g/mol. The summed E-state index contributed by atoms with van der Waals surface area (Å²) in [6.07, 6.45) is 1.50. The molecule has 0 spiro atoms. The quantitative estimate of drug-likeness (QED) is 0.543. The summed E-state index contributed by atoms with van der Waals surface area (Å²) in [6, 6.07) is 17.1. The molecule has 0 saturated heterocycles. The molecule has 0 unspecified atom stereocenters. The van der Waals surface area contributed by atoms with Crippen molar-refractivity contribution in [2.45, 2.75) is 13.8 Å². The number of carbonyl (C=O) groups is 1. The van der Waals surface area contributed by atoms with Crippen LogP contribution in [0.3, 0.4) is 0 Å². The van der Waals surface area contributed by atoms with E-state index in [0.29, 0.717) is 17.2 Å². The van der Waals surface area contributed by atoms with Crippen LogP contribution in [0.25, 0.3) is 0 Å². The SMILES string of the molecule is CCN(CC)c1ccc(Nc2cc(Nc3ccc(C(=O)OC)cc3)ncn2)cc1. The van der Waals surface area contributed by atoms with Gasteiger partial charge in [-0.1, -0.05) is 0 Å². The molecule has 0 amide bonds. The summed E-state index contributed by atoms with van der Waals surface area (Å²) in [5, 5.41) is 6.50. The minimum atomic E-state index is -0.364. The molecule has 0 aliphatic rings. The number of hydrogen-bond acceptors (Lipinski definition) is 7. The standard InChI is InChI=1S/C22H25N5O2/c1-4-27(5-2)19-12-10-18(11-13-19)26-21-14-20(23-15-24-21)25-17-8-6-16(7-9-17)22(28)29-3/h6-15H,4-5H2,1-3H3,(H2,23,24,25,26). The first-order valence-electron chi connectivity index (χ1n) is 9.52. The third-order valence-electron chi connectivity index (χ3n) is 4.51. The van der Waals surface area contributed by atoms with Crippen LogP contribution in [0.4, 0.5) is 28.7 Å². The highest BCUT2D eigenvalue weighted by molar-refractivity contribution is 5.89. The van der Waals surface area contributed by atoms with Gasteiger partial charge in [-0.05, 0) is 62.4 Å². The zero-order valence-electron chi connectivity index (χ0n) is 16.8. The van der Waals surface area contributed by atoms with E-state index in [4.69, 9.17) is 4.74 Å². The molecule has 3 aromatic rings. The third-order valence-corrected chi connectivity index (χ3v) is 4.51. The molecule has 150 valence electrons. The minimum Gasteiger partial charge on any atom is -0.465 e. The van der Waals surface area contributed by atoms with Gasteiger partial charge in [-0.3, -0.25) is 0 Å². The van der Waals surface area contributed by atoms with Crippen LogP contribution in [0.5, 0.6) is 0 Å². The summed E-state index contributed by atoms with van der Waals surface area (Å²) >= 11 is 0. The molecule has 0 fully saturated rings. The predicted octanol–water partition coefficient (Wildman–Crippen LogP) is 4.60. The van der Waals surface area contributed by atoms with Crippen molar-refractivity contribution in [3.05, 3.63) is 66.5 Å². The third kappa shape index (κ3) is 5.22. The average Bonchev–Trinajstić information content (AvgIpc) is 2.76. The summed E-state index contributed by atoms with van der Waals surface area (Å²) in [7, 11) is 1.36. The maximum Gasteiger partial charge on any atom is 0.337 e. The second-order valence-corrected chi connectivity index (χ2v) is 6.33. The Morgan fingerprint density at radius 1 is 0.897 bits per heavy atom. The Bertz CT molecular complexity index is 938. The van der Waals surface area contributed by atoms with Gasteiger partial charge < -0.3 is 20.3 Å². The second kappa shape index (κ2) is 9.54. The highest BCUT2D eigenvalue weighted by Crippen LogP contribution is 2.22. The first-order valence-corrected chi connectivity index (χ1v) is 9.52. The van der Waals surface area contributed by atoms with Gasteiger partial charge in [-0.25, -0.2) is 14.8 Å². The lowest BCUT2D eigenvalue weighted by Crippen LogP contribution is -2.21. The molecule has 2 N–H and O–H groups in total. The van der Waals surface area contributed by atoms with Gasteiger partial charge in [0.25, 0.3) is 0 Å². The summed E-state index contributed by atoms with van der Waals surface area (Å²) in [5.74, 6) is 0.967. The van der Waals surface area contributed by atoms with Crippen molar-refractivity contribution in [3.8, 4) is 0 Å². The Hall–Kier alpha value is -3.61. The number of carbonyl (C=O) groups excluding carboxylic acids is 1. The normalized spacial score (nSPS) is 10.3. The molecule has 0 saturated carbocycles. The molecule has 7 heteroatoms. The lowest BCUT2D eigenvalue weighted by Gasteiger charge is -2.21. The molecular formula is C22H25N5O2. The number of benzene rings is 2. The Morgan fingerprint density at radius 2 is 1.41 bits per heavy atom. The van der Waals surface area contributed by atoms with Gasteiger partial charge in [0.05, 0.1) is 12.7 Å². The number of ether oxygens (including phenoxy) is 1. The van der Waals surface area contributed by atoms with E-state index >= 15 is 0 Å².